The first-order chi connectivity index (χ1) is 12.8. The van der Waals surface area contributed by atoms with Crippen LogP contribution in [-0.4, -0.2) is 17.9 Å². The van der Waals surface area contributed by atoms with Gasteiger partial charge < -0.3 is 14.5 Å². The zero-order chi connectivity index (χ0) is 19.6. The molecule has 0 unspecified atom stereocenters. The van der Waals surface area contributed by atoms with Crippen molar-refractivity contribution in [2.45, 2.75) is 19.9 Å². The van der Waals surface area contributed by atoms with Crippen molar-refractivity contribution < 1.29 is 23.1 Å². The van der Waals surface area contributed by atoms with Gasteiger partial charge in [-0.15, -0.1) is 0 Å². The lowest BCUT2D eigenvalue weighted by Gasteiger charge is -2.08. The summed E-state index contributed by atoms with van der Waals surface area (Å²) in [4.78, 5) is 36.2. The quantitative estimate of drug-likeness (QED) is 0.433. The molecule has 3 rings (SSSR count). The second-order valence-electron chi connectivity index (χ2n) is 6.18. The summed E-state index contributed by atoms with van der Waals surface area (Å²) in [6, 6.07) is 10.8. The third-order valence-electron chi connectivity index (χ3n) is 3.64. The van der Waals surface area contributed by atoms with Crippen molar-refractivity contribution >= 4 is 22.8 Å². The molecule has 0 fully saturated rings. The number of halogens is 1. The Kier molecular flexibility index (Phi) is 5.03. The summed E-state index contributed by atoms with van der Waals surface area (Å²) >= 11 is 0. The van der Waals surface area contributed by atoms with Crippen LogP contribution in [0.25, 0.3) is 11.0 Å². The van der Waals surface area contributed by atoms with Crippen molar-refractivity contribution in [1.82, 2.24) is 5.32 Å². The molecule has 0 atom stereocenters. The summed E-state index contributed by atoms with van der Waals surface area (Å²) < 4.78 is 23.6. The van der Waals surface area contributed by atoms with Crippen LogP contribution in [0.3, 0.4) is 0 Å². The lowest BCUT2D eigenvalue weighted by molar-refractivity contribution is 0.0734. The SMILES string of the molecule is CC(C)NC(=O)c1cc2ccc(OC(=O)c3cccc(F)c3)cc2oc1=O. The largest absolute Gasteiger partial charge is 0.423 e. The first-order valence-corrected chi connectivity index (χ1v) is 8.20. The van der Waals surface area contributed by atoms with Crippen LogP contribution in [0.4, 0.5) is 4.39 Å². The Bertz CT molecular complexity index is 1090. The van der Waals surface area contributed by atoms with Gasteiger partial charge in [-0.2, -0.15) is 0 Å². The smallest absolute Gasteiger partial charge is 0.349 e. The van der Waals surface area contributed by atoms with Gasteiger partial charge in [0, 0.05) is 17.5 Å². The highest BCUT2D eigenvalue weighted by Crippen LogP contribution is 2.21. The molecule has 27 heavy (non-hydrogen) atoms. The summed E-state index contributed by atoms with van der Waals surface area (Å²) in [7, 11) is 0. The van der Waals surface area contributed by atoms with Crippen LogP contribution in [0.2, 0.25) is 0 Å². The lowest BCUT2D eigenvalue weighted by atomic mass is 10.1. The number of rotatable bonds is 4. The molecule has 138 valence electrons. The number of hydrogen-bond acceptors (Lipinski definition) is 5. The number of benzene rings is 2. The molecule has 0 saturated heterocycles. The van der Waals surface area contributed by atoms with Gasteiger partial charge in [-0.25, -0.2) is 14.0 Å². The number of carbonyl (C=O) groups is 2. The second-order valence-corrected chi connectivity index (χ2v) is 6.18. The van der Waals surface area contributed by atoms with Gasteiger partial charge in [0.25, 0.3) is 5.91 Å². The van der Waals surface area contributed by atoms with Crippen LogP contribution in [0, 0.1) is 5.82 Å². The zero-order valence-corrected chi connectivity index (χ0v) is 14.6. The minimum atomic E-state index is -0.797. The summed E-state index contributed by atoms with van der Waals surface area (Å²) in [6.45, 7) is 3.56. The standard InChI is InChI=1S/C20H16FNO5/c1-11(2)22-18(23)16-9-12-6-7-15(10-17(12)27-20(16)25)26-19(24)13-4-3-5-14(21)8-13/h3-11H,1-2H3,(H,22,23). The molecule has 1 N–H and O–H groups in total. The van der Waals surface area contributed by atoms with Crippen molar-refractivity contribution in [1.29, 1.82) is 0 Å². The fourth-order valence-corrected chi connectivity index (χ4v) is 2.43. The van der Waals surface area contributed by atoms with Crippen LogP contribution in [0.5, 0.6) is 5.75 Å². The third-order valence-corrected chi connectivity index (χ3v) is 3.64. The Labute approximate surface area is 153 Å². The molecule has 0 aliphatic rings. The minimum absolute atomic E-state index is 0.0530. The van der Waals surface area contributed by atoms with Gasteiger partial charge in [-0.3, -0.25) is 4.79 Å². The van der Waals surface area contributed by atoms with Gasteiger partial charge >= 0.3 is 11.6 Å². The molecule has 6 nitrogen and oxygen atoms in total. The topological polar surface area (TPSA) is 85.6 Å². The Morgan fingerprint density at radius 3 is 2.59 bits per heavy atom. The summed E-state index contributed by atoms with van der Waals surface area (Å²) in [6.07, 6.45) is 0. The molecule has 7 heteroatoms. The highest BCUT2D eigenvalue weighted by molar-refractivity contribution is 5.97. The maximum Gasteiger partial charge on any atom is 0.349 e. The van der Waals surface area contributed by atoms with E-state index in [1.807, 2.05) is 0 Å². The van der Waals surface area contributed by atoms with Gasteiger partial charge in [0.2, 0.25) is 0 Å². The molecule has 0 aliphatic heterocycles. The highest BCUT2D eigenvalue weighted by Gasteiger charge is 2.16. The maximum atomic E-state index is 13.2. The predicted molar refractivity (Wildman–Crippen MR) is 96.4 cm³/mol. The van der Waals surface area contributed by atoms with Crippen molar-refractivity contribution in [2.75, 3.05) is 0 Å². The van der Waals surface area contributed by atoms with Crippen molar-refractivity contribution in [3.05, 3.63) is 75.9 Å². The molecular weight excluding hydrogens is 353 g/mol. The average Bonchev–Trinajstić information content (AvgIpc) is 2.60. The van der Waals surface area contributed by atoms with E-state index in [9.17, 15) is 18.8 Å². The van der Waals surface area contributed by atoms with Crippen molar-refractivity contribution in [2.24, 2.45) is 0 Å². The normalized spacial score (nSPS) is 10.8. The molecule has 1 amide bonds. The average molecular weight is 369 g/mol. The van der Waals surface area contributed by atoms with Crippen LogP contribution < -0.4 is 15.7 Å². The third kappa shape index (κ3) is 4.20. The number of carbonyl (C=O) groups excluding carboxylic acids is 2. The maximum absolute atomic E-state index is 13.2. The summed E-state index contributed by atoms with van der Waals surface area (Å²) in [5, 5.41) is 3.12. The fraction of sp³-hybridized carbons (Fsp3) is 0.150. The van der Waals surface area contributed by atoms with E-state index in [1.165, 1.54) is 36.4 Å². The van der Waals surface area contributed by atoms with Crippen LogP contribution >= 0.6 is 0 Å². The molecule has 0 radical (unpaired) electrons. The number of fused-ring (bicyclic) bond motifs is 1. The van der Waals surface area contributed by atoms with E-state index in [-0.39, 0.29) is 28.5 Å². The Morgan fingerprint density at radius 2 is 1.89 bits per heavy atom. The highest BCUT2D eigenvalue weighted by atomic mass is 19.1. The van der Waals surface area contributed by atoms with E-state index in [1.54, 1.807) is 19.9 Å². The molecule has 0 spiro atoms. The first kappa shape index (κ1) is 18.3. The van der Waals surface area contributed by atoms with Crippen molar-refractivity contribution in [3.63, 3.8) is 0 Å². The molecular formula is C20H16FNO5. The van der Waals surface area contributed by atoms with E-state index in [0.717, 1.165) is 6.07 Å². The Balaban J connectivity index is 1.88. The minimum Gasteiger partial charge on any atom is -0.423 e. The molecule has 0 aliphatic carbocycles. The van der Waals surface area contributed by atoms with E-state index < -0.39 is 23.3 Å². The van der Waals surface area contributed by atoms with Crippen LogP contribution in [0.1, 0.15) is 34.6 Å². The summed E-state index contributed by atoms with van der Waals surface area (Å²) in [5.74, 6) is -1.70. The molecule has 3 aromatic rings. The fourth-order valence-electron chi connectivity index (χ4n) is 2.43. The zero-order valence-electron chi connectivity index (χ0n) is 14.6. The first-order valence-electron chi connectivity index (χ1n) is 8.20. The molecule has 0 saturated carbocycles. The van der Waals surface area contributed by atoms with E-state index >= 15 is 0 Å². The van der Waals surface area contributed by atoms with Gasteiger partial charge in [0.05, 0.1) is 5.56 Å². The lowest BCUT2D eigenvalue weighted by Crippen LogP contribution is -2.33. The number of ether oxygens (including phenoxy) is 1. The van der Waals surface area contributed by atoms with Crippen LogP contribution in [0.15, 0.2) is 57.7 Å². The number of hydrogen-bond donors (Lipinski definition) is 1. The number of amides is 1. The van der Waals surface area contributed by atoms with Crippen molar-refractivity contribution in [3.8, 4) is 5.75 Å². The molecule has 1 heterocycles. The van der Waals surface area contributed by atoms with E-state index in [4.69, 9.17) is 9.15 Å². The molecule has 2 aromatic carbocycles. The van der Waals surface area contributed by atoms with E-state index in [0.29, 0.717) is 5.39 Å². The molecule has 1 aromatic heterocycles. The van der Waals surface area contributed by atoms with Gasteiger partial charge in [-0.05, 0) is 50.2 Å². The van der Waals surface area contributed by atoms with Crippen LogP contribution in [-0.2, 0) is 0 Å². The number of esters is 1. The molecule has 0 bridgehead atoms. The summed E-state index contributed by atoms with van der Waals surface area (Å²) in [5.41, 5.74) is -0.696. The van der Waals surface area contributed by atoms with Gasteiger partial charge in [0.1, 0.15) is 22.7 Å². The van der Waals surface area contributed by atoms with E-state index in [2.05, 4.69) is 5.32 Å². The van der Waals surface area contributed by atoms with Gasteiger partial charge in [0.15, 0.2) is 0 Å². The predicted octanol–water partition coefficient (Wildman–Crippen LogP) is 3.29. The Hall–Kier alpha value is -3.48. The van der Waals surface area contributed by atoms with Gasteiger partial charge in [-0.1, -0.05) is 6.07 Å². The second kappa shape index (κ2) is 7.41. The monoisotopic (exact) mass is 369 g/mol. The Morgan fingerprint density at radius 1 is 1.11 bits per heavy atom. The number of nitrogens with one attached hydrogen (secondary N) is 1.